The minimum atomic E-state index is 0.518. The summed E-state index contributed by atoms with van der Waals surface area (Å²) in [6.07, 6.45) is 3.58. The molecule has 5 heteroatoms. The molecule has 5 nitrogen and oxygen atoms in total. The first-order valence-electron chi connectivity index (χ1n) is 8.04. The predicted octanol–water partition coefficient (Wildman–Crippen LogP) is 2.89. The van der Waals surface area contributed by atoms with Crippen molar-refractivity contribution in [1.29, 1.82) is 0 Å². The Labute approximate surface area is 133 Å². The quantitative estimate of drug-likeness (QED) is 0.423. The molecule has 1 aromatic carbocycles. The zero-order chi connectivity index (χ0) is 15.9. The van der Waals surface area contributed by atoms with Crippen LogP contribution < -0.4 is 10.5 Å². The lowest BCUT2D eigenvalue weighted by atomic mass is 10.3. The first-order valence-corrected chi connectivity index (χ1v) is 8.04. The van der Waals surface area contributed by atoms with Crippen LogP contribution in [0.15, 0.2) is 24.3 Å². The van der Waals surface area contributed by atoms with Crippen LogP contribution >= 0.6 is 0 Å². The van der Waals surface area contributed by atoms with E-state index < -0.39 is 0 Å². The number of anilines is 1. The van der Waals surface area contributed by atoms with Crippen LogP contribution in [0.4, 0.5) is 5.69 Å². The van der Waals surface area contributed by atoms with Crippen molar-refractivity contribution in [2.45, 2.75) is 26.2 Å². The molecule has 22 heavy (non-hydrogen) atoms. The Morgan fingerprint density at radius 1 is 0.727 bits per heavy atom. The maximum atomic E-state index is 5.60. The van der Waals surface area contributed by atoms with E-state index in [0.717, 1.165) is 24.5 Å². The predicted molar refractivity (Wildman–Crippen MR) is 88.3 cm³/mol. The molecule has 0 heterocycles. The summed E-state index contributed by atoms with van der Waals surface area (Å²) >= 11 is 0. The average Bonchev–Trinajstić information content (AvgIpc) is 2.53. The Morgan fingerprint density at radius 2 is 1.27 bits per heavy atom. The monoisotopic (exact) mass is 311 g/mol. The third-order valence-electron chi connectivity index (χ3n) is 3.01. The molecule has 2 N–H and O–H groups in total. The molecule has 0 amide bonds. The number of nitrogen functional groups attached to an aromatic ring is 1. The van der Waals surface area contributed by atoms with Crippen molar-refractivity contribution in [1.82, 2.24) is 0 Å². The number of rotatable bonds is 14. The maximum absolute atomic E-state index is 5.60. The van der Waals surface area contributed by atoms with Gasteiger partial charge in [-0.1, -0.05) is 19.8 Å². The molecular formula is C17H29NO4. The minimum absolute atomic E-state index is 0.518. The standard InChI is InChI=1S/C17H29NO4/c1-2-3-4-9-19-10-11-20-12-13-21-14-15-22-17-7-5-16(18)6-8-17/h5-8H,2-4,9-15,18H2,1H3. The van der Waals surface area contributed by atoms with Crippen molar-refractivity contribution in [3.8, 4) is 5.75 Å². The van der Waals surface area contributed by atoms with E-state index in [1.54, 1.807) is 0 Å². The summed E-state index contributed by atoms with van der Waals surface area (Å²) < 4.78 is 21.8. The van der Waals surface area contributed by atoms with E-state index in [1.807, 2.05) is 24.3 Å². The van der Waals surface area contributed by atoms with Gasteiger partial charge >= 0.3 is 0 Å². The molecule has 0 saturated heterocycles. The first-order chi connectivity index (χ1) is 10.8. The Balaban J connectivity index is 1.79. The van der Waals surface area contributed by atoms with Crippen molar-refractivity contribution in [3.05, 3.63) is 24.3 Å². The third-order valence-corrected chi connectivity index (χ3v) is 3.01. The molecule has 0 spiro atoms. The van der Waals surface area contributed by atoms with Crippen molar-refractivity contribution in [3.63, 3.8) is 0 Å². The fourth-order valence-electron chi connectivity index (χ4n) is 1.78. The Kier molecular flexibility index (Phi) is 11.4. The largest absolute Gasteiger partial charge is 0.491 e. The highest BCUT2D eigenvalue weighted by atomic mass is 16.6. The molecule has 0 fully saturated rings. The van der Waals surface area contributed by atoms with Gasteiger partial charge in [0.2, 0.25) is 0 Å². The van der Waals surface area contributed by atoms with Crippen LogP contribution in [0.1, 0.15) is 26.2 Å². The van der Waals surface area contributed by atoms with Crippen molar-refractivity contribution in [2.24, 2.45) is 0 Å². The summed E-state index contributed by atoms with van der Waals surface area (Å²) in [5.41, 5.74) is 6.33. The Hall–Kier alpha value is -1.30. The molecule has 0 aromatic heterocycles. The molecule has 0 saturated carbocycles. The second kappa shape index (κ2) is 13.4. The minimum Gasteiger partial charge on any atom is -0.491 e. The lowest BCUT2D eigenvalue weighted by Crippen LogP contribution is -2.13. The number of ether oxygens (including phenoxy) is 4. The summed E-state index contributed by atoms with van der Waals surface area (Å²) in [7, 11) is 0. The Bertz CT molecular complexity index is 356. The van der Waals surface area contributed by atoms with Gasteiger partial charge in [-0.3, -0.25) is 0 Å². The summed E-state index contributed by atoms with van der Waals surface area (Å²) in [4.78, 5) is 0. The molecule has 126 valence electrons. The van der Waals surface area contributed by atoms with E-state index in [0.29, 0.717) is 39.6 Å². The van der Waals surface area contributed by atoms with E-state index in [4.69, 9.17) is 24.7 Å². The van der Waals surface area contributed by atoms with Crippen LogP contribution in [0.5, 0.6) is 5.75 Å². The summed E-state index contributed by atoms with van der Waals surface area (Å²) in [5, 5.41) is 0. The van der Waals surface area contributed by atoms with Crippen LogP contribution in [0.3, 0.4) is 0 Å². The third kappa shape index (κ3) is 10.4. The van der Waals surface area contributed by atoms with Gasteiger partial charge in [0, 0.05) is 12.3 Å². The van der Waals surface area contributed by atoms with Gasteiger partial charge in [-0.05, 0) is 30.7 Å². The number of hydrogen-bond acceptors (Lipinski definition) is 5. The lowest BCUT2D eigenvalue weighted by Gasteiger charge is -2.08. The zero-order valence-corrected chi connectivity index (χ0v) is 13.6. The van der Waals surface area contributed by atoms with Crippen molar-refractivity contribution >= 4 is 5.69 Å². The normalized spacial score (nSPS) is 10.8. The average molecular weight is 311 g/mol. The first kappa shape index (κ1) is 18.7. The van der Waals surface area contributed by atoms with Crippen molar-refractivity contribution in [2.75, 3.05) is 52.0 Å². The molecule has 1 aromatic rings. The second-order valence-corrected chi connectivity index (χ2v) is 4.96. The lowest BCUT2D eigenvalue weighted by molar-refractivity contribution is 0.00882. The number of nitrogens with two attached hydrogens (primary N) is 1. The van der Waals surface area contributed by atoms with E-state index in [-0.39, 0.29) is 0 Å². The maximum Gasteiger partial charge on any atom is 0.119 e. The molecule has 0 aliphatic rings. The highest BCUT2D eigenvalue weighted by molar-refractivity contribution is 5.41. The topological polar surface area (TPSA) is 62.9 Å². The van der Waals surface area contributed by atoms with Crippen LogP contribution in [-0.4, -0.2) is 46.2 Å². The molecule has 0 bridgehead atoms. The number of benzene rings is 1. The summed E-state index contributed by atoms with van der Waals surface area (Å²) in [6.45, 7) is 6.51. The molecule has 0 atom stereocenters. The van der Waals surface area contributed by atoms with E-state index >= 15 is 0 Å². The smallest absolute Gasteiger partial charge is 0.119 e. The van der Waals surface area contributed by atoms with Crippen LogP contribution in [-0.2, 0) is 14.2 Å². The number of hydrogen-bond donors (Lipinski definition) is 1. The van der Waals surface area contributed by atoms with E-state index in [2.05, 4.69) is 6.92 Å². The van der Waals surface area contributed by atoms with Gasteiger partial charge in [0.1, 0.15) is 12.4 Å². The van der Waals surface area contributed by atoms with Gasteiger partial charge < -0.3 is 24.7 Å². The van der Waals surface area contributed by atoms with Gasteiger partial charge in [0.25, 0.3) is 0 Å². The van der Waals surface area contributed by atoms with Gasteiger partial charge in [-0.15, -0.1) is 0 Å². The van der Waals surface area contributed by atoms with E-state index in [1.165, 1.54) is 12.8 Å². The zero-order valence-electron chi connectivity index (χ0n) is 13.6. The molecule has 0 aliphatic heterocycles. The fraction of sp³-hybridized carbons (Fsp3) is 0.647. The fourth-order valence-corrected chi connectivity index (χ4v) is 1.78. The van der Waals surface area contributed by atoms with Gasteiger partial charge in [0.15, 0.2) is 0 Å². The SMILES string of the molecule is CCCCCOCCOCCOCCOc1ccc(N)cc1. The van der Waals surface area contributed by atoms with Crippen molar-refractivity contribution < 1.29 is 18.9 Å². The molecular weight excluding hydrogens is 282 g/mol. The summed E-state index contributed by atoms with van der Waals surface area (Å²) in [5.74, 6) is 0.800. The number of unbranched alkanes of at least 4 members (excludes halogenated alkanes) is 2. The van der Waals surface area contributed by atoms with Crippen LogP contribution in [0.2, 0.25) is 0 Å². The van der Waals surface area contributed by atoms with Gasteiger partial charge in [0.05, 0.1) is 33.0 Å². The Morgan fingerprint density at radius 3 is 1.86 bits per heavy atom. The molecule has 0 radical (unpaired) electrons. The highest BCUT2D eigenvalue weighted by Crippen LogP contribution is 2.12. The van der Waals surface area contributed by atoms with Gasteiger partial charge in [-0.25, -0.2) is 0 Å². The van der Waals surface area contributed by atoms with Crippen LogP contribution in [0.25, 0.3) is 0 Å². The molecule has 0 unspecified atom stereocenters. The summed E-state index contributed by atoms with van der Waals surface area (Å²) in [6, 6.07) is 7.32. The second-order valence-electron chi connectivity index (χ2n) is 4.96. The van der Waals surface area contributed by atoms with Gasteiger partial charge in [-0.2, -0.15) is 0 Å². The highest BCUT2D eigenvalue weighted by Gasteiger charge is 1.95. The van der Waals surface area contributed by atoms with E-state index in [9.17, 15) is 0 Å². The molecule has 1 rings (SSSR count). The van der Waals surface area contributed by atoms with Crippen LogP contribution in [0, 0.1) is 0 Å². The molecule has 0 aliphatic carbocycles.